The van der Waals surface area contributed by atoms with Gasteiger partial charge in [0.1, 0.15) is 0 Å². The maximum Gasteiger partial charge on any atom is 0.0491 e. The van der Waals surface area contributed by atoms with Crippen LogP contribution in [0.3, 0.4) is 0 Å². The average Bonchev–Trinajstić information content (AvgIpc) is 2.29. The van der Waals surface area contributed by atoms with Gasteiger partial charge in [0.2, 0.25) is 0 Å². The third-order valence-corrected chi connectivity index (χ3v) is 4.78. The van der Waals surface area contributed by atoms with Crippen molar-refractivity contribution in [1.82, 2.24) is 0 Å². The minimum Gasteiger partial charge on any atom is -0.330 e. The van der Waals surface area contributed by atoms with E-state index >= 15 is 0 Å². The molecule has 1 aromatic rings. The summed E-state index contributed by atoms with van der Waals surface area (Å²) in [5, 5.41) is 0.240. The van der Waals surface area contributed by atoms with Gasteiger partial charge < -0.3 is 5.73 Å². The largest absolute Gasteiger partial charge is 0.330 e. The lowest BCUT2D eigenvalue weighted by atomic mass is 10.1. The summed E-state index contributed by atoms with van der Waals surface area (Å²) in [6, 6.07) is 8.14. The van der Waals surface area contributed by atoms with Gasteiger partial charge in [-0.25, -0.2) is 0 Å². The summed E-state index contributed by atoms with van der Waals surface area (Å²) in [7, 11) is -0.799. The minimum atomic E-state index is -0.799. The molecule has 1 aromatic carbocycles. The molecular formula is C13H21NOS. The molecule has 0 aliphatic rings. The Bertz CT molecular complexity index is 352. The van der Waals surface area contributed by atoms with Gasteiger partial charge in [-0.05, 0) is 37.4 Å². The molecule has 16 heavy (non-hydrogen) atoms. The highest BCUT2D eigenvalue weighted by Crippen LogP contribution is 2.15. The maximum atomic E-state index is 12.1. The summed E-state index contributed by atoms with van der Waals surface area (Å²) in [4.78, 5) is 0. The summed E-state index contributed by atoms with van der Waals surface area (Å²) >= 11 is 0. The minimum absolute atomic E-state index is 0.240. The summed E-state index contributed by atoms with van der Waals surface area (Å²) in [6.07, 6.45) is 1.80. The van der Waals surface area contributed by atoms with Gasteiger partial charge >= 0.3 is 0 Å². The Balaban J connectivity index is 2.66. The zero-order chi connectivity index (χ0) is 12.0. The molecule has 0 heterocycles. The smallest absolute Gasteiger partial charge is 0.0491 e. The van der Waals surface area contributed by atoms with Crippen LogP contribution in [0.5, 0.6) is 0 Å². The van der Waals surface area contributed by atoms with Crippen molar-refractivity contribution in [2.45, 2.75) is 37.7 Å². The molecule has 1 rings (SSSR count). The van der Waals surface area contributed by atoms with Gasteiger partial charge in [0, 0.05) is 21.8 Å². The molecule has 0 aliphatic heterocycles. The van der Waals surface area contributed by atoms with Gasteiger partial charge in [-0.15, -0.1) is 0 Å². The van der Waals surface area contributed by atoms with Crippen LogP contribution in [0.1, 0.15) is 30.9 Å². The monoisotopic (exact) mass is 239 g/mol. The van der Waals surface area contributed by atoms with E-state index in [0.29, 0.717) is 12.3 Å². The van der Waals surface area contributed by atoms with E-state index in [1.807, 2.05) is 12.1 Å². The van der Waals surface area contributed by atoms with Crippen LogP contribution in [0.4, 0.5) is 0 Å². The summed E-state index contributed by atoms with van der Waals surface area (Å²) in [6.45, 7) is 4.77. The molecule has 2 unspecified atom stereocenters. The first-order valence-electron chi connectivity index (χ1n) is 5.80. The Hall–Kier alpha value is -0.670. The normalized spacial score (nSPS) is 14.7. The second-order valence-electron chi connectivity index (χ2n) is 4.06. The van der Waals surface area contributed by atoms with Crippen molar-refractivity contribution in [3.63, 3.8) is 0 Å². The summed E-state index contributed by atoms with van der Waals surface area (Å²) in [5.74, 6) is 0.658. The van der Waals surface area contributed by atoms with E-state index in [9.17, 15) is 4.21 Å². The van der Waals surface area contributed by atoms with Crippen molar-refractivity contribution in [2.24, 2.45) is 5.73 Å². The van der Waals surface area contributed by atoms with Gasteiger partial charge in [0.25, 0.3) is 0 Å². The Morgan fingerprint density at radius 1 is 1.38 bits per heavy atom. The lowest BCUT2D eigenvalue weighted by molar-refractivity contribution is 0.649. The predicted octanol–water partition coefficient (Wildman–Crippen LogP) is 2.37. The fourth-order valence-corrected chi connectivity index (χ4v) is 3.39. The number of rotatable bonds is 6. The second kappa shape index (κ2) is 6.81. The molecule has 2 nitrogen and oxygen atoms in total. The van der Waals surface area contributed by atoms with E-state index in [2.05, 4.69) is 26.0 Å². The van der Waals surface area contributed by atoms with Crippen LogP contribution in [0, 0.1) is 6.92 Å². The van der Waals surface area contributed by atoms with Crippen LogP contribution < -0.4 is 5.73 Å². The maximum absolute atomic E-state index is 12.1. The number of hydrogen-bond acceptors (Lipinski definition) is 2. The third-order valence-electron chi connectivity index (χ3n) is 2.87. The van der Waals surface area contributed by atoms with Crippen molar-refractivity contribution in [3.8, 4) is 0 Å². The van der Waals surface area contributed by atoms with Crippen molar-refractivity contribution < 1.29 is 4.21 Å². The fraction of sp³-hybridized carbons (Fsp3) is 0.538. The van der Waals surface area contributed by atoms with Crippen LogP contribution in [-0.2, 0) is 16.6 Å². The van der Waals surface area contributed by atoms with E-state index < -0.39 is 10.8 Å². The molecule has 2 N–H and O–H groups in total. The van der Waals surface area contributed by atoms with Crippen molar-refractivity contribution in [2.75, 3.05) is 6.54 Å². The number of benzene rings is 1. The fourth-order valence-electron chi connectivity index (χ4n) is 1.75. The average molecular weight is 239 g/mol. The van der Waals surface area contributed by atoms with E-state index in [1.54, 1.807) is 0 Å². The van der Waals surface area contributed by atoms with Crippen LogP contribution in [0.15, 0.2) is 24.3 Å². The third kappa shape index (κ3) is 3.72. The lowest BCUT2D eigenvalue weighted by Crippen LogP contribution is -2.20. The quantitative estimate of drug-likeness (QED) is 0.828. The molecule has 0 spiro atoms. The Morgan fingerprint density at radius 2 is 2.06 bits per heavy atom. The molecule has 0 saturated heterocycles. The summed E-state index contributed by atoms with van der Waals surface area (Å²) < 4.78 is 12.1. The van der Waals surface area contributed by atoms with E-state index in [0.717, 1.165) is 12.8 Å². The van der Waals surface area contributed by atoms with Crippen molar-refractivity contribution in [3.05, 3.63) is 35.4 Å². The highest BCUT2D eigenvalue weighted by molar-refractivity contribution is 7.84. The van der Waals surface area contributed by atoms with E-state index in [1.165, 1.54) is 11.1 Å². The molecule has 0 bridgehead atoms. The van der Waals surface area contributed by atoms with Crippen LogP contribution in [0.2, 0.25) is 0 Å². The Labute approximate surface area is 101 Å². The molecule has 2 atom stereocenters. The number of aryl methyl sites for hydroxylation is 1. The molecule has 0 amide bonds. The molecule has 0 radical (unpaired) electrons. The van der Waals surface area contributed by atoms with Crippen LogP contribution >= 0.6 is 0 Å². The molecule has 0 fully saturated rings. The molecule has 90 valence electrons. The zero-order valence-electron chi connectivity index (χ0n) is 10.1. The highest BCUT2D eigenvalue weighted by atomic mass is 32.2. The SMILES string of the molecule is CCC(CCN)S(=O)Cc1ccccc1C. The van der Waals surface area contributed by atoms with Crippen molar-refractivity contribution >= 4 is 10.8 Å². The number of nitrogens with two attached hydrogens (primary N) is 1. The first-order chi connectivity index (χ1) is 7.69. The zero-order valence-corrected chi connectivity index (χ0v) is 10.9. The number of hydrogen-bond donors (Lipinski definition) is 1. The standard InChI is InChI=1S/C13H21NOS/c1-3-13(8-9-14)16(15)10-12-7-5-4-6-11(12)2/h4-7,13H,3,8-10,14H2,1-2H3. The van der Waals surface area contributed by atoms with Gasteiger partial charge in [-0.2, -0.15) is 0 Å². The highest BCUT2D eigenvalue weighted by Gasteiger charge is 2.14. The predicted molar refractivity (Wildman–Crippen MR) is 70.8 cm³/mol. The van der Waals surface area contributed by atoms with Gasteiger partial charge in [-0.3, -0.25) is 4.21 Å². The Kier molecular flexibility index (Phi) is 5.71. The van der Waals surface area contributed by atoms with Gasteiger partial charge in [0.05, 0.1) is 0 Å². The van der Waals surface area contributed by atoms with Gasteiger partial charge in [-0.1, -0.05) is 31.2 Å². The first kappa shape index (κ1) is 13.4. The van der Waals surface area contributed by atoms with Crippen LogP contribution in [0.25, 0.3) is 0 Å². The Morgan fingerprint density at radius 3 is 2.62 bits per heavy atom. The molecule has 0 saturated carbocycles. The molecule has 3 heteroatoms. The van der Waals surface area contributed by atoms with Crippen LogP contribution in [-0.4, -0.2) is 16.0 Å². The molecular weight excluding hydrogens is 218 g/mol. The van der Waals surface area contributed by atoms with E-state index in [-0.39, 0.29) is 5.25 Å². The van der Waals surface area contributed by atoms with E-state index in [4.69, 9.17) is 5.73 Å². The first-order valence-corrected chi connectivity index (χ1v) is 7.19. The van der Waals surface area contributed by atoms with Gasteiger partial charge in [0.15, 0.2) is 0 Å². The van der Waals surface area contributed by atoms with Crippen molar-refractivity contribution in [1.29, 1.82) is 0 Å². The summed E-state index contributed by atoms with van der Waals surface area (Å²) in [5.41, 5.74) is 7.94. The topological polar surface area (TPSA) is 43.1 Å². The second-order valence-corrected chi connectivity index (χ2v) is 5.78. The molecule has 0 aliphatic carbocycles. The molecule has 0 aromatic heterocycles. The lowest BCUT2D eigenvalue weighted by Gasteiger charge is -2.14.